The molecule has 1 aromatic heterocycles. The van der Waals surface area contributed by atoms with Gasteiger partial charge in [-0.2, -0.15) is 0 Å². The zero-order chi connectivity index (χ0) is 23.4. The molecule has 3 aliphatic rings. The van der Waals surface area contributed by atoms with Gasteiger partial charge in [-0.25, -0.2) is 4.79 Å². The van der Waals surface area contributed by atoms with Crippen LogP contribution in [0.15, 0.2) is 85.2 Å². The van der Waals surface area contributed by atoms with Crippen molar-refractivity contribution in [2.45, 2.75) is 25.0 Å². The molecule has 34 heavy (non-hydrogen) atoms. The number of nitrogens with one attached hydrogen (secondary N) is 1. The highest BCUT2D eigenvalue weighted by Crippen LogP contribution is 2.36. The molecule has 0 radical (unpaired) electrons. The van der Waals surface area contributed by atoms with Gasteiger partial charge in [-0.1, -0.05) is 48.5 Å². The highest BCUT2D eigenvalue weighted by atomic mass is 16.5. The van der Waals surface area contributed by atoms with Gasteiger partial charge in [0.15, 0.2) is 12.1 Å². The summed E-state index contributed by atoms with van der Waals surface area (Å²) in [6.45, 7) is 3.05. The molecule has 3 aliphatic heterocycles. The molecule has 0 spiro atoms. The fourth-order valence-electron chi connectivity index (χ4n) is 5.35. The Kier molecular flexibility index (Phi) is 6.41. The van der Waals surface area contributed by atoms with Crippen LogP contribution in [0, 0.1) is 5.92 Å². The molecule has 0 aliphatic carbocycles. The van der Waals surface area contributed by atoms with Crippen molar-refractivity contribution >= 4 is 17.4 Å². The third kappa shape index (κ3) is 4.87. The number of hydrogen-bond acceptors (Lipinski definition) is 5. The molecule has 0 saturated carbocycles. The van der Waals surface area contributed by atoms with Crippen LogP contribution >= 0.6 is 0 Å². The first kappa shape index (κ1) is 22.3. The van der Waals surface area contributed by atoms with Crippen LogP contribution < -0.4 is 5.32 Å². The predicted molar refractivity (Wildman–Crippen MR) is 130 cm³/mol. The molecule has 6 heteroatoms. The second-order valence-corrected chi connectivity index (χ2v) is 9.46. The molecule has 0 amide bonds. The van der Waals surface area contributed by atoms with Crippen molar-refractivity contribution in [3.8, 4) is 0 Å². The minimum Gasteiger partial charge on any atom is -0.454 e. The van der Waals surface area contributed by atoms with Gasteiger partial charge in [-0.05, 0) is 29.8 Å². The molecule has 1 N–H and O–H groups in total. The molecule has 2 atom stereocenters. The van der Waals surface area contributed by atoms with Crippen molar-refractivity contribution in [3.63, 3.8) is 0 Å². The van der Waals surface area contributed by atoms with E-state index in [1.807, 2.05) is 60.7 Å². The fourth-order valence-corrected chi connectivity index (χ4v) is 5.35. The van der Waals surface area contributed by atoms with Gasteiger partial charge in [0.1, 0.15) is 13.1 Å². The van der Waals surface area contributed by atoms with Crippen LogP contribution in [-0.4, -0.2) is 53.5 Å². The topological polar surface area (TPSA) is 68.3 Å². The Balaban J connectivity index is 1.31. The van der Waals surface area contributed by atoms with Gasteiger partial charge in [-0.3, -0.25) is 9.78 Å². The van der Waals surface area contributed by atoms with E-state index in [2.05, 4.69) is 10.3 Å². The van der Waals surface area contributed by atoms with E-state index in [0.29, 0.717) is 29.1 Å². The summed E-state index contributed by atoms with van der Waals surface area (Å²) < 4.78 is 6.88. The number of anilines is 1. The summed E-state index contributed by atoms with van der Waals surface area (Å²) in [4.78, 5) is 30.4. The zero-order valence-corrected chi connectivity index (χ0v) is 19.2. The quantitative estimate of drug-likeness (QED) is 0.312. The highest BCUT2D eigenvalue weighted by Gasteiger charge is 2.49. The third-order valence-corrected chi connectivity index (χ3v) is 7.24. The van der Waals surface area contributed by atoms with Crippen molar-refractivity contribution < 1.29 is 18.8 Å². The van der Waals surface area contributed by atoms with Crippen molar-refractivity contribution in [1.82, 2.24) is 4.98 Å². The number of carbonyl (C=O) groups is 2. The number of Topliss-reactive ketones (excluding diaryl/α,β-unsaturated/α-hetero) is 1. The summed E-state index contributed by atoms with van der Waals surface area (Å²) in [7, 11) is 0. The number of hydrogen-bond donors (Lipinski definition) is 1. The summed E-state index contributed by atoms with van der Waals surface area (Å²) in [6, 6.07) is 22.4. The van der Waals surface area contributed by atoms with Crippen molar-refractivity contribution in [3.05, 3.63) is 96.3 Å². The first-order valence-electron chi connectivity index (χ1n) is 12.0. The van der Waals surface area contributed by atoms with Crippen LogP contribution in [0.4, 0.5) is 5.69 Å². The highest BCUT2D eigenvalue weighted by molar-refractivity contribution is 5.96. The lowest BCUT2D eigenvalue weighted by atomic mass is 9.82. The number of fused-ring (bicyclic) bond motifs is 3. The Morgan fingerprint density at radius 1 is 0.941 bits per heavy atom. The third-order valence-electron chi connectivity index (χ3n) is 7.24. The van der Waals surface area contributed by atoms with Gasteiger partial charge in [0, 0.05) is 42.4 Å². The molecule has 2 aromatic carbocycles. The van der Waals surface area contributed by atoms with E-state index >= 15 is 0 Å². The minimum atomic E-state index is -0.592. The lowest BCUT2D eigenvalue weighted by Gasteiger charge is -2.51. The maximum Gasteiger partial charge on any atom is 0.333 e. The van der Waals surface area contributed by atoms with E-state index in [-0.39, 0.29) is 17.9 Å². The smallest absolute Gasteiger partial charge is 0.333 e. The molecule has 1 unspecified atom stereocenters. The Labute approximate surface area is 200 Å². The summed E-state index contributed by atoms with van der Waals surface area (Å²) in [5, 5.41) is 3.35. The van der Waals surface area contributed by atoms with Gasteiger partial charge < -0.3 is 14.5 Å². The van der Waals surface area contributed by atoms with Crippen LogP contribution in [-0.2, 0) is 9.53 Å². The van der Waals surface area contributed by atoms with Gasteiger partial charge in [0.2, 0.25) is 5.78 Å². The van der Waals surface area contributed by atoms with E-state index < -0.39 is 6.04 Å². The Hall–Kier alpha value is -3.51. The zero-order valence-electron chi connectivity index (χ0n) is 19.2. The number of quaternary nitrogens is 1. The number of esters is 1. The lowest BCUT2D eigenvalue weighted by molar-refractivity contribution is -0.938. The molecular weight excluding hydrogens is 426 g/mol. The molecular formula is C28H30N3O3+. The lowest BCUT2D eigenvalue weighted by Crippen LogP contribution is -2.65. The van der Waals surface area contributed by atoms with Crippen molar-refractivity contribution in [2.75, 3.05) is 31.5 Å². The van der Waals surface area contributed by atoms with E-state index in [1.165, 1.54) is 0 Å². The minimum absolute atomic E-state index is 0.126. The molecule has 6 nitrogen and oxygen atoms in total. The molecule has 174 valence electrons. The normalized spacial score (nSPS) is 24.2. The summed E-state index contributed by atoms with van der Waals surface area (Å²) >= 11 is 0. The number of piperidine rings is 3. The molecule has 3 fully saturated rings. The number of para-hydroxylation sites is 1. The number of carbonyl (C=O) groups excluding carboxylic acids is 2. The number of rotatable bonds is 8. The number of benzene rings is 2. The Morgan fingerprint density at radius 3 is 2.26 bits per heavy atom. The van der Waals surface area contributed by atoms with Gasteiger partial charge >= 0.3 is 5.97 Å². The summed E-state index contributed by atoms with van der Waals surface area (Å²) in [5.41, 5.74) is 2.43. The monoisotopic (exact) mass is 456 g/mol. The number of aromatic nitrogens is 1. The van der Waals surface area contributed by atoms with Crippen molar-refractivity contribution in [2.24, 2.45) is 5.92 Å². The van der Waals surface area contributed by atoms with Crippen LogP contribution in [0.5, 0.6) is 0 Å². The second-order valence-electron chi connectivity index (χ2n) is 9.46. The summed E-state index contributed by atoms with van der Waals surface area (Å²) in [5.74, 6) is 0.210. The van der Waals surface area contributed by atoms with E-state index in [0.717, 1.165) is 37.2 Å². The number of pyridine rings is 1. The number of nitrogens with zero attached hydrogens (tertiary/aromatic N) is 2. The second kappa shape index (κ2) is 9.77. The van der Waals surface area contributed by atoms with Gasteiger partial charge in [0.05, 0.1) is 13.1 Å². The molecule has 3 saturated heterocycles. The molecule has 3 aromatic rings. The van der Waals surface area contributed by atoms with Crippen molar-refractivity contribution in [1.29, 1.82) is 0 Å². The SMILES string of the molecule is O=C(C[N+]12CCC(CC1)[C@@H](OC(=O)C(Nc1ccccc1)c1ccccc1)C2)c1ccncc1. The van der Waals surface area contributed by atoms with Crippen LogP contribution in [0.25, 0.3) is 0 Å². The van der Waals surface area contributed by atoms with Crippen LogP contribution in [0.1, 0.15) is 34.8 Å². The maximum atomic E-state index is 13.5. The molecule has 6 rings (SSSR count). The van der Waals surface area contributed by atoms with E-state index in [4.69, 9.17) is 4.74 Å². The van der Waals surface area contributed by atoms with E-state index in [1.54, 1.807) is 24.5 Å². The largest absolute Gasteiger partial charge is 0.454 e. The molecule has 2 bridgehead atoms. The summed E-state index contributed by atoms with van der Waals surface area (Å²) in [6.07, 6.45) is 5.09. The predicted octanol–water partition coefficient (Wildman–Crippen LogP) is 4.27. The van der Waals surface area contributed by atoms with Gasteiger partial charge in [0.25, 0.3) is 0 Å². The van der Waals surface area contributed by atoms with E-state index in [9.17, 15) is 9.59 Å². The Morgan fingerprint density at radius 2 is 1.59 bits per heavy atom. The standard InChI is InChI=1S/C28H30N3O3/c32-25(21-11-15-29-16-12-21)19-31-17-13-22(14-18-31)26(20-31)34-28(33)27(23-7-3-1-4-8-23)30-24-9-5-2-6-10-24/h1-12,15-16,22,26-27,30H,13-14,17-20H2/q+1/t22?,26-,27?,31?/m0/s1. The maximum absolute atomic E-state index is 13.5. The van der Waals surface area contributed by atoms with Crippen LogP contribution in [0.2, 0.25) is 0 Å². The average Bonchev–Trinajstić information content (AvgIpc) is 2.89. The van der Waals surface area contributed by atoms with Gasteiger partial charge in [-0.15, -0.1) is 0 Å². The molecule has 4 heterocycles. The number of ketones is 1. The average molecular weight is 457 g/mol. The first-order chi connectivity index (χ1) is 16.6. The number of ether oxygens (including phenoxy) is 1. The van der Waals surface area contributed by atoms with Crippen LogP contribution in [0.3, 0.4) is 0 Å². The first-order valence-corrected chi connectivity index (χ1v) is 12.0. The Bertz CT molecular complexity index is 1110. The fraction of sp³-hybridized carbons (Fsp3) is 0.321.